The number of guanidine groups is 1. The van der Waals surface area contributed by atoms with E-state index >= 15 is 0 Å². The van der Waals surface area contributed by atoms with Gasteiger partial charge in [-0.3, -0.25) is 9.79 Å². The summed E-state index contributed by atoms with van der Waals surface area (Å²) in [6.07, 6.45) is 0. The molecule has 4 N–H and O–H groups in total. The number of nitrogens with two attached hydrogens (primary N) is 1. The van der Waals surface area contributed by atoms with Crippen molar-refractivity contribution in [1.29, 1.82) is 0 Å². The summed E-state index contributed by atoms with van der Waals surface area (Å²) in [7, 11) is 3.20. The van der Waals surface area contributed by atoms with Gasteiger partial charge in [0.25, 0.3) is 5.91 Å². The molecule has 0 radical (unpaired) electrons. The standard InChI is InChI=1S/C19H24N4O3/c1-25-13-15-6-3-4-9-17(15)23-19(20)22-11-10-21-18(24)14-7-5-8-16(12-14)26-2/h3-9,12H,10-11,13H2,1-2H3,(H,21,24)(H3,20,22,23). The maximum absolute atomic E-state index is 12.1. The minimum atomic E-state index is -0.184. The lowest BCUT2D eigenvalue weighted by atomic mass is 10.2. The van der Waals surface area contributed by atoms with Gasteiger partial charge in [-0.05, 0) is 24.3 Å². The van der Waals surface area contributed by atoms with E-state index in [1.807, 2.05) is 24.3 Å². The van der Waals surface area contributed by atoms with Gasteiger partial charge in [0.2, 0.25) is 0 Å². The second-order valence-corrected chi connectivity index (χ2v) is 5.47. The van der Waals surface area contributed by atoms with Crippen LogP contribution in [0.15, 0.2) is 53.5 Å². The molecule has 0 fully saturated rings. The zero-order valence-electron chi connectivity index (χ0n) is 15.0. The van der Waals surface area contributed by atoms with Crippen LogP contribution in [-0.2, 0) is 11.3 Å². The van der Waals surface area contributed by atoms with Crippen molar-refractivity contribution < 1.29 is 14.3 Å². The summed E-state index contributed by atoms with van der Waals surface area (Å²) in [6, 6.07) is 14.7. The Morgan fingerprint density at radius 2 is 1.96 bits per heavy atom. The molecule has 0 saturated carbocycles. The van der Waals surface area contributed by atoms with E-state index in [0.29, 0.717) is 31.0 Å². The molecule has 7 nitrogen and oxygen atoms in total. The predicted octanol–water partition coefficient (Wildman–Crippen LogP) is 2.00. The van der Waals surface area contributed by atoms with Crippen LogP contribution in [0.2, 0.25) is 0 Å². The van der Waals surface area contributed by atoms with Crippen molar-refractivity contribution in [3.63, 3.8) is 0 Å². The number of para-hydroxylation sites is 1. The molecule has 0 saturated heterocycles. The van der Waals surface area contributed by atoms with Crippen LogP contribution in [0.1, 0.15) is 15.9 Å². The zero-order chi connectivity index (χ0) is 18.8. The minimum absolute atomic E-state index is 0.184. The number of aliphatic imine (C=N–C) groups is 1. The second kappa shape index (κ2) is 10.0. The first-order valence-electron chi connectivity index (χ1n) is 8.20. The molecule has 0 aliphatic carbocycles. The highest BCUT2D eigenvalue weighted by Gasteiger charge is 2.06. The van der Waals surface area contributed by atoms with Gasteiger partial charge < -0.3 is 25.8 Å². The Labute approximate surface area is 153 Å². The quantitative estimate of drug-likeness (QED) is 0.382. The van der Waals surface area contributed by atoms with Gasteiger partial charge in [-0.25, -0.2) is 0 Å². The van der Waals surface area contributed by atoms with E-state index in [0.717, 1.165) is 11.3 Å². The molecule has 2 aromatic rings. The number of carbonyl (C=O) groups is 1. The Morgan fingerprint density at radius 1 is 1.15 bits per heavy atom. The maximum atomic E-state index is 12.1. The van der Waals surface area contributed by atoms with Gasteiger partial charge in [0.15, 0.2) is 5.96 Å². The maximum Gasteiger partial charge on any atom is 0.251 e. The van der Waals surface area contributed by atoms with Gasteiger partial charge >= 0.3 is 0 Å². The van der Waals surface area contributed by atoms with Gasteiger partial charge in [-0.1, -0.05) is 24.3 Å². The largest absolute Gasteiger partial charge is 0.497 e. The summed E-state index contributed by atoms with van der Waals surface area (Å²) in [4.78, 5) is 16.3. The molecular formula is C19H24N4O3. The van der Waals surface area contributed by atoms with Crippen LogP contribution in [0.25, 0.3) is 0 Å². The van der Waals surface area contributed by atoms with Gasteiger partial charge in [-0.15, -0.1) is 0 Å². The van der Waals surface area contributed by atoms with Crippen LogP contribution in [-0.4, -0.2) is 39.2 Å². The summed E-state index contributed by atoms with van der Waals surface area (Å²) in [5.74, 6) is 0.735. The summed E-state index contributed by atoms with van der Waals surface area (Å²) in [5.41, 5.74) is 8.27. The van der Waals surface area contributed by atoms with E-state index in [-0.39, 0.29) is 11.9 Å². The highest BCUT2D eigenvalue weighted by Crippen LogP contribution is 2.15. The lowest BCUT2D eigenvalue weighted by Gasteiger charge is -2.11. The van der Waals surface area contributed by atoms with Gasteiger partial charge in [0, 0.05) is 30.5 Å². The normalized spacial score (nSPS) is 11.1. The van der Waals surface area contributed by atoms with Crippen LogP contribution >= 0.6 is 0 Å². The fourth-order valence-electron chi connectivity index (χ4n) is 2.31. The molecule has 26 heavy (non-hydrogen) atoms. The van der Waals surface area contributed by atoms with Crippen molar-refractivity contribution in [2.45, 2.75) is 6.61 Å². The zero-order valence-corrected chi connectivity index (χ0v) is 15.0. The van der Waals surface area contributed by atoms with E-state index < -0.39 is 0 Å². The fraction of sp³-hybridized carbons (Fsp3) is 0.263. The SMILES string of the molecule is COCc1ccccc1NC(N)=NCCNC(=O)c1cccc(OC)c1. The molecule has 0 aromatic heterocycles. The number of hydrogen-bond acceptors (Lipinski definition) is 4. The molecule has 138 valence electrons. The first-order chi connectivity index (χ1) is 12.6. The summed E-state index contributed by atoms with van der Waals surface area (Å²) in [6.45, 7) is 1.21. The van der Waals surface area contributed by atoms with Crippen LogP contribution in [0.3, 0.4) is 0 Å². The van der Waals surface area contributed by atoms with Crippen LogP contribution in [0.4, 0.5) is 5.69 Å². The minimum Gasteiger partial charge on any atom is -0.497 e. The van der Waals surface area contributed by atoms with Gasteiger partial charge in [0.05, 0.1) is 20.3 Å². The number of benzene rings is 2. The van der Waals surface area contributed by atoms with E-state index in [1.54, 1.807) is 38.5 Å². The van der Waals surface area contributed by atoms with Crippen molar-refractivity contribution >= 4 is 17.6 Å². The molecule has 0 atom stereocenters. The number of amides is 1. The third-order valence-electron chi connectivity index (χ3n) is 3.59. The monoisotopic (exact) mass is 356 g/mol. The Hall–Kier alpha value is -3.06. The highest BCUT2D eigenvalue weighted by atomic mass is 16.5. The Balaban J connectivity index is 1.83. The average molecular weight is 356 g/mol. The Kier molecular flexibility index (Phi) is 7.45. The first kappa shape index (κ1) is 19.3. The van der Waals surface area contributed by atoms with E-state index in [2.05, 4.69) is 15.6 Å². The van der Waals surface area contributed by atoms with Gasteiger partial charge in [-0.2, -0.15) is 0 Å². The first-order valence-corrected chi connectivity index (χ1v) is 8.20. The molecule has 0 aliphatic rings. The van der Waals surface area contributed by atoms with Crippen LogP contribution in [0, 0.1) is 0 Å². The molecule has 0 heterocycles. The van der Waals surface area contributed by atoms with E-state index in [1.165, 1.54) is 0 Å². The van der Waals surface area contributed by atoms with Crippen molar-refractivity contribution in [1.82, 2.24) is 5.32 Å². The highest BCUT2D eigenvalue weighted by molar-refractivity contribution is 5.95. The number of ether oxygens (including phenoxy) is 2. The Bertz CT molecular complexity index is 762. The number of nitrogens with one attached hydrogen (secondary N) is 2. The van der Waals surface area contributed by atoms with Crippen LogP contribution in [0.5, 0.6) is 5.75 Å². The number of rotatable bonds is 8. The third kappa shape index (κ3) is 5.78. The molecule has 0 unspecified atom stereocenters. The second-order valence-electron chi connectivity index (χ2n) is 5.47. The molecular weight excluding hydrogens is 332 g/mol. The molecule has 2 rings (SSSR count). The van der Waals surface area contributed by atoms with Crippen molar-refractivity contribution in [2.24, 2.45) is 10.7 Å². The Morgan fingerprint density at radius 3 is 2.73 bits per heavy atom. The smallest absolute Gasteiger partial charge is 0.251 e. The topological polar surface area (TPSA) is 98.0 Å². The number of nitrogens with zero attached hydrogens (tertiary/aromatic N) is 1. The summed E-state index contributed by atoms with van der Waals surface area (Å²) in [5, 5.41) is 5.84. The molecule has 0 spiro atoms. The summed E-state index contributed by atoms with van der Waals surface area (Å²) < 4.78 is 10.3. The molecule has 2 aromatic carbocycles. The van der Waals surface area contributed by atoms with E-state index in [9.17, 15) is 4.79 Å². The fourth-order valence-corrected chi connectivity index (χ4v) is 2.31. The predicted molar refractivity (Wildman–Crippen MR) is 103 cm³/mol. The molecule has 0 bridgehead atoms. The van der Waals surface area contributed by atoms with Crippen molar-refractivity contribution in [2.75, 3.05) is 32.6 Å². The van der Waals surface area contributed by atoms with Gasteiger partial charge in [0.1, 0.15) is 5.75 Å². The third-order valence-corrected chi connectivity index (χ3v) is 3.59. The lowest BCUT2D eigenvalue weighted by molar-refractivity contribution is 0.0954. The van der Waals surface area contributed by atoms with Crippen molar-refractivity contribution in [3.05, 3.63) is 59.7 Å². The number of anilines is 1. The van der Waals surface area contributed by atoms with Crippen molar-refractivity contribution in [3.8, 4) is 5.75 Å². The molecule has 7 heteroatoms. The van der Waals surface area contributed by atoms with Crippen LogP contribution < -0.4 is 21.1 Å². The summed E-state index contributed by atoms with van der Waals surface area (Å²) >= 11 is 0. The molecule has 0 aliphatic heterocycles. The number of methoxy groups -OCH3 is 2. The average Bonchev–Trinajstić information content (AvgIpc) is 2.67. The number of hydrogen-bond donors (Lipinski definition) is 3. The lowest BCUT2D eigenvalue weighted by Crippen LogP contribution is -2.28. The number of carbonyl (C=O) groups excluding carboxylic acids is 1. The van der Waals surface area contributed by atoms with E-state index in [4.69, 9.17) is 15.2 Å². The molecule has 1 amide bonds.